The molecular weight excluding hydrogens is 226 g/mol. The molecule has 1 aromatic rings. The molecule has 1 heterocycles. The van der Waals surface area contributed by atoms with Crippen LogP contribution >= 0.6 is 11.6 Å². The first-order chi connectivity index (χ1) is 7.65. The summed E-state index contributed by atoms with van der Waals surface area (Å²) in [4.78, 5) is 15.6. The van der Waals surface area contributed by atoms with Gasteiger partial charge in [-0.25, -0.2) is 4.98 Å². The number of carbonyl (C=O) groups excluding carboxylic acids is 1. The summed E-state index contributed by atoms with van der Waals surface area (Å²) >= 11 is 5.71. The summed E-state index contributed by atoms with van der Waals surface area (Å²) < 4.78 is 0. The molecule has 2 atom stereocenters. The van der Waals surface area contributed by atoms with Crippen LogP contribution < -0.4 is 11.1 Å². The average molecular weight is 238 g/mol. The number of hydrogen-bond acceptors (Lipinski definition) is 3. The van der Waals surface area contributed by atoms with Crippen LogP contribution in [-0.4, -0.2) is 16.9 Å². The van der Waals surface area contributed by atoms with Crippen LogP contribution in [0.3, 0.4) is 0 Å². The number of halogens is 1. The van der Waals surface area contributed by atoms with Crippen LogP contribution in [-0.2, 0) is 4.79 Å². The predicted octanol–water partition coefficient (Wildman–Crippen LogP) is 1.58. The molecule has 5 heteroatoms. The first-order valence-corrected chi connectivity index (χ1v) is 5.39. The Morgan fingerprint density at radius 1 is 1.56 bits per heavy atom. The van der Waals surface area contributed by atoms with Crippen molar-refractivity contribution in [1.82, 2.24) is 4.98 Å². The summed E-state index contributed by atoms with van der Waals surface area (Å²) in [6.07, 6.45) is 5.89. The highest BCUT2D eigenvalue weighted by molar-refractivity contribution is 6.29. The summed E-state index contributed by atoms with van der Waals surface area (Å²) in [6, 6.07) is 3.29. The number of amides is 1. The third-order valence-electron chi connectivity index (χ3n) is 2.45. The summed E-state index contributed by atoms with van der Waals surface area (Å²) in [5.41, 5.74) is 6.33. The molecule has 0 spiro atoms. The van der Waals surface area contributed by atoms with Crippen molar-refractivity contribution < 1.29 is 4.79 Å². The second kappa shape index (κ2) is 4.63. The smallest absolute Gasteiger partial charge is 0.231 e. The Balaban J connectivity index is 2.00. The van der Waals surface area contributed by atoms with Gasteiger partial charge in [0.15, 0.2) is 0 Å². The molecule has 0 aromatic carbocycles. The van der Waals surface area contributed by atoms with Crippen LogP contribution in [0.15, 0.2) is 30.5 Å². The van der Waals surface area contributed by atoms with Gasteiger partial charge in [0.1, 0.15) is 5.15 Å². The first kappa shape index (κ1) is 11.1. The maximum atomic E-state index is 11.8. The molecule has 84 valence electrons. The maximum Gasteiger partial charge on any atom is 0.231 e. The standard InChI is InChI=1S/C11H12ClN3O/c12-10-6-9(3-4-14-10)15-11(16)7-1-2-8(13)5-7/h1-4,6-8H,5,13H2,(H,14,15,16). The molecule has 0 radical (unpaired) electrons. The number of aromatic nitrogens is 1. The van der Waals surface area contributed by atoms with Gasteiger partial charge in [0.05, 0.1) is 5.92 Å². The van der Waals surface area contributed by atoms with E-state index in [0.717, 1.165) is 0 Å². The van der Waals surface area contributed by atoms with Gasteiger partial charge in [-0.15, -0.1) is 0 Å². The van der Waals surface area contributed by atoms with E-state index in [9.17, 15) is 4.79 Å². The number of nitrogens with zero attached hydrogens (tertiary/aromatic N) is 1. The SMILES string of the molecule is NC1C=CC(C(=O)Nc2ccnc(Cl)c2)C1. The fourth-order valence-corrected chi connectivity index (χ4v) is 1.81. The third kappa shape index (κ3) is 2.59. The first-order valence-electron chi connectivity index (χ1n) is 5.01. The Bertz CT molecular complexity index is 433. The maximum absolute atomic E-state index is 11.8. The molecule has 0 bridgehead atoms. The van der Waals surface area contributed by atoms with E-state index in [0.29, 0.717) is 17.3 Å². The van der Waals surface area contributed by atoms with E-state index >= 15 is 0 Å². The highest BCUT2D eigenvalue weighted by Crippen LogP contribution is 2.19. The Labute approximate surface area is 98.5 Å². The molecule has 16 heavy (non-hydrogen) atoms. The second-order valence-corrected chi connectivity index (χ2v) is 4.13. The molecule has 3 N–H and O–H groups in total. The normalized spacial score (nSPS) is 23.4. The number of nitrogens with two attached hydrogens (primary N) is 1. The van der Waals surface area contributed by atoms with Crippen molar-refractivity contribution >= 4 is 23.2 Å². The average Bonchev–Trinajstić information content (AvgIpc) is 2.65. The van der Waals surface area contributed by atoms with E-state index in [4.69, 9.17) is 17.3 Å². The van der Waals surface area contributed by atoms with E-state index < -0.39 is 0 Å². The molecule has 0 saturated heterocycles. The summed E-state index contributed by atoms with van der Waals surface area (Å²) in [6.45, 7) is 0. The Morgan fingerprint density at radius 3 is 3.00 bits per heavy atom. The molecule has 1 aliphatic carbocycles. The largest absolute Gasteiger partial charge is 0.325 e. The summed E-state index contributed by atoms with van der Waals surface area (Å²) in [7, 11) is 0. The zero-order valence-electron chi connectivity index (χ0n) is 8.56. The van der Waals surface area contributed by atoms with E-state index in [2.05, 4.69) is 10.3 Å². The van der Waals surface area contributed by atoms with Gasteiger partial charge < -0.3 is 11.1 Å². The molecule has 1 aromatic heterocycles. The number of hydrogen-bond donors (Lipinski definition) is 2. The van der Waals surface area contributed by atoms with E-state index in [1.54, 1.807) is 18.3 Å². The zero-order chi connectivity index (χ0) is 11.5. The van der Waals surface area contributed by atoms with Gasteiger partial charge in [0.25, 0.3) is 0 Å². The van der Waals surface area contributed by atoms with Crippen molar-refractivity contribution in [2.24, 2.45) is 11.7 Å². The van der Waals surface area contributed by atoms with Crippen LogP contribution in [0, 0.1) is 5.92 Å². The molecule has 2 rings (SSSR count). The van der Waals surface area contributed by atoms with Crippen LogP contribution in [0.4, 0.5) is 5.69 Å². The third-order valence-corrected chi connectivity index (χ3v) is 2.65. The number of nitrogens with one attached hydrogen (secondary N) is 1. The van der Waals surface area contributed by atoms with Crippen molar-refractivity contribution in [3.63, 3.8) is 0 Å². The van der Waals surface area contributed by atoms with Crippen LogP contribution in [0.2, 0.25) is 5.15 Å². The van der Waals surface area contributed by atoms with Crippen molar-refractivity contribution in [1.29, 1.82) is 0 Å². The molecule has 0 saturated carbocycles. The lowest BCUT2D eigenvalue weighted by molar-refractivity contribution is -0.118. The van der Waals surface area contributed by atoms with Gasteiger partial charge in [-0.2, -0.15) is 0 Å². The minimum Gasteiger partial charge on any atom is -0.325 e. The van der Waals surface area contributed by atoms with Crippen molar-refractivity contribution in [2.45, 2.75) is 12.5 Å². The Morgan fingerprint density at radius 2 is 2.38 bits per heavy atom. The van der Waals surface area contributed by atoms with Crippen LogP contribution in [0.1, 0.15) is 6.42 Å². The predicted molar refractivity (Wildman–Crippen MR) is 63.1 cm³/mol. The Hall–Kier alpha value is -1.39. The number of carbonyl (C=O) groups is 1. The highest BCUT2D eigenvalue weighted by Gasteiger charge is 2.22. The molecule has 1 amide bonds. The lowest BCUT2D eigenvalue weighted by atomic mass is 10.1. The van der Waals surface area contributed by atoms with Gasteiger partial charge in [-0.05, 0) is 18.6 Å². The van der Waals surface area contributed by atoms with Gasteiger partial charge in [0, 0.05) is 17.9 Å². The minimum atomic E-state index is -0.151. The van der Waals surface area contributed by atoms with Crippen molar-refractivity contribution in [3.8, 4) is 0 Å². The number of pyridine rings is 1. The van der Waals surface area contributed by atoms with E-state index in [1.165, 1.54) is 0 Å². The van der Waals surface area contributed by atoms with E-state index in [-0.39, 0.29) is 17.9 Å². The van der Waals surface area contributed by atoms with Gasteiger partial charge >= 0.3 is 0 Å². The molecular formula is C11H12ClN3O. The van der Waals surface area contributed by atoms with E-state index in [1.807, 2.05) is 12.2 Å². The topological polar surface area (TPSA) is 68.0 Å². The quantitative estimate of drug-likeness (QED) is 0.606. The fourth-order valence-electron chi connectivity index (χ4n) is 1.64. The number of rotatable bonds is 2. The fraction of sp³-hybridized carbons (Fsp3) is 0.273. The lowest BCUT2D eigenvalue weighted by Crippen LogP contribution is -2.23. The molecule has 0 aliphatic heterocycles. The van der Waals surface area contributed by atoms with Crippen molar-refractivity contribution in [2.75, 3.05) is 5.32 Å². The minimum absolute atomic E-state index is 0.0169. The molecule has 4 nitrogen and oxygen atoms in total. The number of anilines is 1. The monoisotopic (exact) mass is 237 g/mol. The molecule has 1 aliphatic rings. The molecule has 2 unspecified atom stereocenters. The van der Waals surface area contributed by atoms with Crippen LogP contribution in [0.5, 0.6) is 0 Å². The second-order valence-electron chi connectivity index (χ2n) is 3.75. The Kier molecular flexibility index (Phi) is 3.22. The van der Waals surface area contributed by atoms with Crippen LogP contribution in [0.25, 0.3) is 0 Å². The van der Waals surface area contributed by atoms with Crippen molar-refractivity contribution in [3.05, 3.63) is 35.6 Å². The summed E-state index contributed by atoms with van der Waals surface area (Å²) in [5, 5.41) is 3.13. The van der Waals surface area contributed by atoms with Gasteiger partial charge in [-0.1, -0.05) is 23.8 Å². The van der Waals surface area contributed by atoms with Gasteiger partial charge in [0.2, 0.25) is 5.91 Å². The lowest BCUT2D eigenvalue weighted by Gasteiger charge is -2.10. The highest BCUT2D eigenvalue weighted by atomic mass is 35.5. The zero-order valence-corrected chi connectivity index (χ0v) is 9.32. The summed E-state index contributed by atoms with van der Waals surface area (Å²) in [5.74, 6) is -0.214. The van der Waals surface area contributed by atoms with Gasteiger partial charge in [-0.3, -0.25) is 4.79 Å². The molecule has 0 fully saturated rings.